The minimum atomic E-state index is -0.840. The zero-order chi connectivity index (χ0) is 5.98. The molecule has 0 N–H and O–H groups in total. The van der Waals surface area contributed by atoms with Crippen LogP contribution < -0.4 is 0 Å². The Morgan fingerprint density at radius 3 is 3.00 bits per heavy atom. The Hall–Kier alpha value is 0.492. The molecule has 1 nitrogen and oxygen atoms in total. The van der Waals surface area contributed by atoms with Gasteiger partial charge in [-0.1, -0.05) is 17.5 Å². The minimum absolute atomic E-state index is 0.176. The molecule has 0 saturated carbocycles. The molecular weight excluding hydrogens is 103 g/mol. The van der Waals surface area contributed by atoms with Gasteiger partial charge in [-0.2, -0.15) is 0 Å². The van der Waals surface area contributed by atoms with Crippen molar-refractivity contribution in [3.8, 4) is 0 Å². The Kier molecular flexibility index (Phi) is 1.70. The van der Waals surface area contributed by atoms with Gasteiger partial charge in [0.05, 0.1) is 1.37 Å². The quantitative estimate of drug-likeness (QED) is 0.434. The highest BCUT2D eigenvalue weighted by atomic mass is 27.2. The molecule has 1 aliphatic heterocycles. The SMILES string of the molecule is [2H]C1CC[CH2][Al]([CH3])[O]1. The molecule has 2 heteroatoms. The van der Waals surface area contributed by atoms with E-state index in [1.807, 2.05) is 0 Å². The van der Waals surface area contributed by atoms with Gasteiger partial charge in [0.2, 0.25) is 0 Å². The van der Waals surface area contributed by atoms with Crippen LogP contribution >= 0.6 is 0 Å². The smallest absolute Gasteiger partial charge is 0.457 e. The molecule has 0 aromatic heterocycles. The van der Waals surface area contributed by atoms with Crippen LogP contribution in [0.25, 0.3) is 0 Å². The molecule has 1 fully saturated rings. The average Bonchev–Trinajstić information content (AvgIpc) is 1.64. The molecule has 0 radical (unpaired) electrons. The lowest BCUT2D eigenvalue weighted by Crippen LogP contribution is -2.18. The molecule has 40 valence electrons. The molecule has 0 amide bonds. The molecule has 0 aromatic rings. The lowest BCUT2D eigenvalue weighted by Gasteiger charge is -2.13. The molecule has 1 heterocycles. The molecular formula is C5H11AlO. The van der Waals surface area contributed by atoms with Gasteiger partial charge in [-0.3, -0.25) is 0 Å². The maximum Gasteiger partial charge on any atom is 0.457 e. The van der Waals surface area contributed by atoms with E-state index in [1.165, 1.54) is 11.7 Å². The number of rotatable bonds is 0. The van der Waals surface area contributed by atoms with Crippen LogP contribution in [-0.2, 0) is 3.79 Å². The maximum absolute atomic E-state index is 7.21. The Morgan fingerprint density at radius 2 is 2.57 bits per heavy atom. The van der Waals surface area contributed by atoms with Crippen LogP contribution in [0.3, 0.4) is 0 Å². The van der Waals surface area contributed by atoms with Gasteiger partial charge in [0.25, 0.3) is 0 Å². The first-order chi connectivity index (χ1) is 3.79. The third-order valence-electron chi connectivity index (χ3n) is 1.26. The predicted octanol–water partition coefficient (Wildman–Crippen LogP) is 1.42. The normalized spacial score (nSPS) is 35.3. The molecule has 1 aliphatic rings. The van der Waals surface area contributed by atoms with E-state index in [9.17, 15) is 0 Å². The van der Waals surface area contributed by atoms with Crippen LogP contribution in [0.15, 0.2) is 0 Å². The molecule has 1 atom stereocenters. The zero-order valence-electron chi connectivity index (χ0n) is 5.68. The summed E-state index contributed by atoms with van der Waals surface area (Å²) in [4.78, 5) is 0. The molecule has 1 unspecified atom stereocenters. The Morgan fingerprint density at radius 1 is 1.71 bits per heavy atom. The van der Waals surface area contributed by atoms with Crippen LogP contribution in [0, 0.1) is 0 Å². The molecule has 0 aliphatic carbocycles. The second-order valence-electron chi connectivity index (χ2n) is 2.04. The molecule has 7 heavy (non-hydrogen) atoms. The van der Waals surface area contributed by atoms with Crippen molar-refractivity contribution in [3.63, 3.8) is 0 Å². The second kappa shape index (κ2) is 2.72. The third-order valence-corrected chi connectivity index (χ3v) is 3.14. The van der Waals surface area contributed by atoms with Crippen molar-refractivity contribution < 1.29 is 5.16 Å². The van der Waals surface area contributed by atoms with Gasteiger partial charge in [-0.15, -0.1) is 0 Å². The van der Waals surface area contributed by atoms with Gasteiger partial charge in [-0.25, -0.2) is 0 Å². The maximum atomic E-state index is 7.21. The summed E-state index contributed by atoms with van der Waals surface area (Å²) < 4.78 is 12.5. The summed E-state index contributed by atoms with van der Waals surface area (Å²) >= 11 is -0.840. The summed E-state index contributed by atoms with van der Waals surface area (Å²) in [5.41, 5.74) is 0. The lowest BCUT2D eigenvalue weighted by molar-refractivity contribution is 0.291. The van der Waals surface area contributed by atoms with E-state index in [0.29, 0.717) is 0 Å². The Labute approximate surface area is 50.8 Å². The molecule has 1 rings (SSSR count). The van der Waals surface area contributed by atoms with E-state index in [4.69, 9.17) is 5.16 Å². The lowest BCUT2D eigenvalue weighted by atomic mass is 10.4. The van der Waals surface area contributed by atoms with Crippen molar-refractivity contribution in [2.75, 3.05) is 6.58 Å². The van der Waals surface area contributed by atoms with Crippen molar-refractivity contribution >= 4 is 14.5 Å². The Bertz CT molecular complexity index is 70.8. The van der Waals surface area contributed by atoms with Crippen molar-refractivity contribution in [3.05, 3.63) is 0 Å². The molecule has 1 saturated heterocycles. The summed E-state index contributed by atoms with van der Waals surface area (Å²) in [5.74, 6) is 2.17. The first-order valence-electron chi connectivity index (χ1n) is 3.44. The van der Waals surface area contributed by atoms with Crippen LogP contribution in [-0.4, -0.2) is 21.1 Å². The topological polar surface area (TPSA) is 9.23 Å². The molecule has 0 bridgehead atoms. The van der Waals surface area contributed by atoms with Crippen LogP contribution in [0.5, 0.6) is 0 Å². The van der Waals surface area contributed by atoms with Crippen molar-refractivity contribution in [2.45, 2.75) is 23.9 Å². The molecule has 0 aromatic carbocycles. The fraction of sp³-hybridized carbons (Fsp3) is 1.00. The molecule has 0 spiro atoms. The summed E-state index contributed by atoms with van der Waals surface area (Å²) in [5, 5.41) is 1.27. The van der Waals surface area contributed by atoms with Crippen molar-refractivity contribution in [2.24, 2.45) is 0 Å². The van der Waals surface area contributed by atoms with E-state index in [0.717, 1.165) is 6.42 Å². The fourth-order valence-corrected chi connectivity index (χ4v) is 2.20. The van der Waals surface area contributed by atoms with Crippen LogP contribution in [0.1, 0.15) is 14.2 Å². The number of hydrogen-bond donors (Lipinski definition) is 0. The predicted molar refractivity (Wildman–Crippen MR) is 31.6 cm³/mol. The third kappa shape index (κ3) is 1.82. The first-order valence-corrected chi connectivity index (χ1v) is 5.31. The number of hydrogen-bond acceptors (Lipinski definition) is 1. The van der Waals surface area contributed by atoms with Gasteiger partial charge >= 0.3 is 14.5 Å². The van der Waals surface area contributed by atoms with Gasteiger partial charge < -0.3 is 3.79 Å². The van der Waals surface area contributed by atoms with Crippen LogP contribution in [0.2, 0.25) is 11.1 Å². The Balaban J connectivity index is 2.23. The van der Waals surface area contributed by atoms with Gasteiger partial charge in [0.15, 0.2) is 0 Å². The summed E-state index contributed by atoms with van der Waals surface area (Å²) in [7, 11) is 0. The van der Waals surface area contributed by atoms with Crippen molar-refractivity contribution in [1.82, 2.24) is 0 Å². The van der Waals surface area contributed by atoms with Gasteiger partial charge in [0, 0.05) is 6.58 Å². The van der Waals surface area contributed by atoms with E-state index in [-0.39, 0.29) is 6.58 Å². The fourth-order valence-electron chi connectivity index (χ4n) is 0.789. The van der Waals surface area contributed by atoms with E-state index < -0.39 is 14.5 Å². The highest BCUT2D eigenvalue weighted by molar-refractivity contribution is 6.50. The minimum Gasteiger partial charge on any atom is -0.501 e. The summed E-state index contributed by atoms with van der Waals surface area (Å²) in [6.45, 7) is -0.176. The summed E-state index contributed by atoms with van der Waals surface area (Å²) in [6.07, 6.45) is 2.18. The first kappa shape index (κ1) is 4.38. The average molecular weight is 115 g/mol. The summed E-state index contributed by atoms with van der Waals surface area (Å²) in [6, 6.07) is 0. The van der Waals surface area contributed by atoms with E-state index >= 15 is 0 Å². The van der Waals surface area contributed by atoms with Crippen LogP contribution in [0.4, 0.5) is 0 Å². The van der Waals surface area contributed by atoms with Gasteiger partial charge in [0.1, 0.15) is 0 Å². The monoisotopic (exact) mass is 115 g/mol. The second-order valence-corrected chi connectivity index (χ2v) is 4.52. The largest absolute Gasteiger partial charge is 0.501 e. The van der Waals surface area contributed by atoms with Crippen molar-refractivity contribution in [1.29, 1.82) is 0 Å². The highest BCUT2D eigenvalue weighted by Crippen LogP contribution is 2.09. The zero-order valence-corrected chi connectivity index (χ0v) is 5.84. The highest BCUT2D eigenvalue weighted by Gasteiger charge is 2.15. The van der Waals surface area contributed by atoms with E-state index in [2.05, 4.69) is 5.79 Å². The van der Waals surface area contributed by atoms with E-state index in [1.54, 1.807) is 0 Å². The standard InChI is InChI=1S/C4H8O.CH3.Al/c1-2-3-4-5;;/h1-4H2;1H3;/q-1;;+1/i4D;;. The van der Waals surface area contributed by atoms with Gasteiger partial charge in [-0.05, 0) is 6.42 Å².